The van der Waals surface area contributed by atoms with Crippen molar-refractivity contribution in [3.8, 4) is 0 Å². The minimum Gasteiger partial charge on any atom is -0.381 e. The van der Waals surface area contributed by atoms with Gasteiger partial charge in [0.1, 0.15) is 5.82 Å². The van der Waals surface area contributed by atoms with Crippen LogP contribution in [0, 0.1) is 16.3 Å². The zero-order chi connectivity index (χ0) is 13.1. The van der Waals surface area contributed by atoms with Gasteiger partial charge < -0.3 is 5.32 Å². The molecule has 0 heterocycles. The molecular weight excluding hydrogens is 408 g/mol. The van der Waals surface area contributed by atoms with Crippen LogP contribution in [-0.4, -0.2) is 0 Å². The van der Waals surface area contributed by atoms with Gasteiger partial charge in [0.25, 0.3) is 0 Å². The van der Waals surface area contributed by atoms with Crippen molar-refractivity contribution in [2.75, 3.05) is 5.32 Å². The molecule has 2 rings (SSSR count). The second-order valence-electron chi connectivity index (χ2n) is 4.03. The van der Waals surface area contributed by atoms with Crippen LogP contribution in [0.2, 0.25) is 0 Å². The van der Waals surface area contributed by atoms with Gasteiger partial charge in [-0.25, -0.2) is 4.39 Å². The molecule has 2 aromatic rings. The Morgan fingerprint density at radius 2 is 2.06 bits per heavy atom. The molecule has 0 aliphatic carbocycles. The van der Waals surface area contributed by atoms with Crippen LogP contribution in [-0.2, 0) is 6.54 Å². The normalized spacial score (nSPS) is 10.4. The minimum absolute atomic E-state index is 0.228. The van der Waals surface area contributed by atoms with Gasteiger partial charge in [-0.15, -0.1) is 0 Å². The number of halogens is 3. The third kappa shape index (κ3) is 3.23. The molecule has 94 valence electrons. The Labute approximate surface area is 128 Å². The summed E-state index contributed by atoms with van der Waals surface area (Å²) in [6.07, 6.45) is 0. The largest absolute Gasteiger partial charge is 0.381 e. The van der Waals surface area contributed by atoms with Crippen molar-refractivity contribution in [3.63, 3.8) is 0 Å². The second kappa shape index (κ2) is 6.02. The monoisotopic (exact) mass is 419 g/mol. The summed E-state index contributed by atoms with van der Waals surface area (Å²) in [5.41, 5.74) is 3.18. The van der Waals surface area contributed by atoms with E-state index in [1.807, 2.05) is 6.07 Å². The van der Waals surface area contributed by atoms with E-state index in [-0.39, 0.29) is 5.82 Å². The van der Waals surface area contributed by atoms with E-state index in [4.69, 9.17) is 0 Å². The quantitative estimate of drug-likeness (QED) is 0.681. The molecule has 0 aliphatic rings. The Bertz CT molecular complexity index is 570. The number of nitrogens with one attached hydrogen (secondary N) is 1. The van der Waals surface area contributed by atoms with E-state index < -0.39 is 0 Å². The Morgan fingerprint density at radius 1 is 1.28 bits per heavy atom. The summed E-state index contributed by atoms with van der Waals surface area (Å²) in [5, 5.41) is 3.34. The van der Waals surface area contributed by atoms with E-state index in [0.717, 1.165) is 11.3 Å². The highest BCUT2D eigenvalue weighted by Crippen LogP contribution is 2.23. The predicted molar refractivity (Wildman–Crippen MR) is 85.3 cm³/mol. The maximum absolute atomic E-state index is 13.4. The van der Waals surface area contributed by atoms with Crippen molar-refractivity contribution >= 4 is 44.2 Å². The second-order valence-corrected chi connectivity index (χ2v) is 6.06. The molecule has 0 radical (unpaired) electrons. The molecule has 0 saturated heterocycles. The van der Waals surface area contributed by atoms with E-state index >= 15 is 0 Å². The van der Waals surface area contributed by atoms with Crippen molar-refractivity contribution in [1.29, 1.82) is 0 Å². The average molecular weight is 420 g/mol. The molecule has 0 unspecified atom stereocenters. The maximum atomic E-state index is 13.4. The lowest BCUT2D eigenvalue weighted by Crippen LogP contribution is -2.02. The van der Waals surface area contributed by atoms with Crippen LogP contribution in [0.15, 0.2) is 40.9 Å². The maximum Gasteiger partial charge on any atom is 0.137 e. The Balaban J connectivity index is 2.16. The van der Waals surface area contributed by atoms with Gasteiger partial charge in [0.15, 0.2) is 0 Å². The fraction of sp³-hybridized carbons (Fsp3) is 0.143. The number of aryl methyl sites for hydroxylation is 1. The predicted octanol–water partition coefficient (Wildman–Crippen LogP) is 5.11. The van der Waals surface area contributed by atoms with Crippen LogP contribution in [0.5, 0.6) is 0 Å². The lowest BCUT2D eigenvalue weighted by Gasteiger charge is -2.11. The number of hydrogen-bond acceptors (Lipinski definition) is 1. The highest BCUT2D eigenvalue weighted by Gasteiger charge is 2.05. The fourth-order valence-electron chi connectivity index (χ4n) is 1.66. The van der Waals surface area contributed by atoms with Gasteiger partial charge in [-0.05, 0) is 74.8 Å². The standard InChI is InChI=1S/C14H12BrFIN/c1-9-5-6-11(17)7-13(9)18-8-10-3-2-4-12(16)14(10)15/h2-7,18H,8H2,1H3. The molecule has 0 saturated carbocycles. The van der Waals surface area contributed by atoms with Crippen molar-refractivity contribution < 1.29 is 4.39 Å². The molecule has 0 fully saturated rings. The molecule has 0 atom stereocenters. The summed E-state index contributed by atoms with van der Waals surface area (Å²) in [5.74, 6) is -0.228. The summed E-state index contributed by atoms with van der Waals surface area (Å²) in [4.78, 5) is 0. The number of anilines is 1. The highest BCUT2D eigenvalue weighted by molar-refractivity contribution is 14.1. The van der Waals surface area contributed by atoms with Crippen molar-refractivity contribution in [2.24, 2.45) is 0 Å². The molecule has 4 heteroatoms. The van der Waals surface area contributed by atoms with E-state index in [9.17, 15) is 4.39 Å². The van der Waals surface area contributed by atoms with Gasteiger partial charge in [0.05, 0.1) is 4.47 Å². The molecule has 0 amide bonds. The first kappa shape index (κ1) is 13.8. The molecule has 0 bridgehead atoms. The van der Waals surface area contributed by atoms with Gasteiger partial charge >= 0.3 is 0 Å². The zero-order valence-electron chi connectivity index (χ0n) is 9.81. The van der Waals surface area contributed by atoms with Crippen LogP contribution in [0.1, 0.15) is 11.1 Å². The zero-order valence-corrected chi connectivity index (χ0v) is 13.5. The van der Waals surface area contributed by atoms with Gasteiger partial charge in [0, 0.05) is 15.8 Å². The van der Waals surface area contributed by atoms with Crippen LogP contribution in [0.3, 0.4) is 0 Å². The van der Waals surface area contributed by atoms with Gasteiger partial charge in [-0.3, -0.25) is 0 Å². The lowest BCUT2D eigenvalue weighted by atomic mass is 10.2. The molecule has 0 aromatic heterocycles. The summed E-state index contributed by atoms with van der Waals surface area (Å²) in [6.45, 7) is 2.65. The van der Waals surface area contributed by atoms with Crippen molar-refractivity contribution in [1.82, 2.24) is 0 Å². The van der Waals surface area contributed by atoms with Gasteiger partial charge in [0.2, 0.25) is 0 Å². The molecule has 0 spiro atoms. The number of hydrogen-bond donors (Lipinski definition) is 1. The van der Waals surface area contributed by atoms with E-state index in [0.29, 0.717) is 11.0 Å². The molecule has 18 heavy (non-hydrogen) atoms. The molecule has 1 nitrogen and oxygen atoms in total. The minimum atomic E-state index is -0.228. The molecule has 1 N–H and O–H groups in total. The summed E-state index contributed by atoms with van der Waals surface area (Å²) in [7, 11) is 0. The Morgan fingerprint density at radius 3 is 2.83 bits per heavy atom. The smallest absolute Gasteiger partial charge is 0.137 e. The Hall–Kier alpha value is -0.620. The van der Waals surface area contributed by atoms with Gasteiger partial charge in [-0.2, -0.15) is 0 Å². The summed E-state index contributed by atoms with van der Waals surface area (Å²) < 4.78 is 15.1. The molecular formula is C14H12BrFIN. The van der Waals surface area contributed by atoms with E-state index in [1.165, 1.54) is 15.2 Å². The highest BCUT2D eigenvalue weighted by atomic mass is 127. The fourth-order valence-corrected chi connectivity index (χ4v) is 2.56. The average Bonchev–Trinajstić information content (AvgIpc) is 2.35. The topological polar surface area (TPSA) is 12.0 Å². The first-order valence-corrected chi connectivity index (χ1v) is 7.38. The van der Waals surface area contributed by atoms with Gasteiger partial charge in [-0.1, -0.05) is 18.2 Å². The van der Waals surface area contributed by atoms with Crippen molar-refractivity contribution in [3.05, 3.63) is 61.4 Å². The molecule has 2 aromatic carbocycles. The van der Waals surface area contributed by atoms with Crippen LogP contribution >= 0.6 is 38.5 Å². The van der Waals surface area contributed by atoms with E-state index in [2.05, 4.69) is 69.0 Å². The third-order valence-electron chi connectivity index (χ3n) is 2.70. The van der Waals surface area contributed by atoms with Crippen LogP contribution in [0.4, 0.5) is 10.1 Å². The Kier molecular flexibility index (Phi) is 4.61. The van der Waals surface area contributed by atoms with Crippen LogP contribution < -0.4 is 5.32 Å². The van der Waals surface area contributed by atoms with Crippen molar-refractivity contribution in [2.45, 2.75) is 13.5 Å². The summed E-state index contributed by atoms with van der Waals surface area (Å²) in [6, 6.07) is 11.3. The third-order valence-corrected chi connectivity index (χ3v) is 4.26. The SMILES string of the molecule is Cc1ccc(I)cc1NCc1cccc(F)c1Br. The first-order valence-electron chi connectivity index (χ1n) is 5.51. The summed E-state index contributed by atoms with van der Waals surface area (Å²) >= 11 is 5.55. The number of rotatable bonds is 3. The molecule has 0 aliphatic heterocycles. The van der Waals surface area contributed by atoms with Crippen LogP contribution in [0.25, 0.3) is 0 Å². The first-order chi connectivity index (χ1) is 8.58. The number of benzene rings is 2. The lowest BCUT2D eigenvalue weighted by molar-refractivity contribution is 0.618. The van der Waals surface area contributed by atoms with E-state index in [1.54, 1.807) is 6.07 Å².